The normalized spacial score (nSPS) is 12.1. The quantitative estimate of drug-likeness (QED) is 0.837. The van der Waals surface area contributed by atoms with Crippen molar-refractivity contribution in [3.05, 3.63) is 23.8 Å². The highest BCUT2D eigenvalue weighted by Gasteiger charge is 2.26. The van der Waals surface area contributed by atoms with Crippen LogP contribution in [0.5, 0.6) is 0 Å². The zero-order chi connectivity index (χ0) is 13.9. The molecule has 0 saturated heterocycles. The molecule has 0 fully saturated rings. The van der Waals surface area contributed by atoms with Crippen LogP contribution in [0.1, 0.15) is 19.8 Å². The summed E-state index contributed by atoms with van der Waals surface area (Å²) in [6.45, 7) is 2.19. The zero-order valence-electron chi connectivity index (χ0n) is 10.3. The molecule has 0 bridgehead atoms. The molecule has 0 atom stereocenters. The maximum absolute atomic E-state index is 13.7. The highest BCUT2D eigenvalue weighted by molar-refractivity contribution is 7.89. The minimum atomic E-state index is -3.97. The maximum atomic E-state index is 13.7. The van der Waals surface area contributed by atoms with Crippen LogP contribution in [0.3, 0.4) is 0 Å². The van der Waals surface area contributed by atoms with Gasteiger partial charge in [0.05, 0.1) is 0 Å². The van der Waals surface area contributed by atoms with Crippen LogP contribution in [0.15, 0.2) is 17.0 Å². The SMILES string of the molecule is CCCCN(C)S(=O)(=O)c1ccc(F)c(N)c1F. The van der Waals surface area contributed by atoms with E-state index >= 15 is 0 Å². The molecule has 0 unspecified atom stereocenters. The van der Waals surface area contributed by atoms with Crippen molar-refractivity contribution in [2.75, 3.05) is 19.3 Å². The molecule has 0 aromatic heterocycles. The molecular formula is C11H16F2N2O2S. The topological polar surface area (TPSA) is 63.4 Å². The molecule has 18 heavy (non-hydrogen) atoms. The fraction of sp³-hybridized carbons (Fsp3) is 0.455. The Labute approximate surface area is 105 Å². The number of nitrogen functional groups attached to an aromatic ring is 1. The third kappa shape index (κ3) is 2.78. The summed E-state index contributed by atoms with van der Waals surface area (Å²) in [6, 6.07) is 1.73. The molecule has 1 aromatic rings. The first-order chi connectivity index (χ1) is 8.32. The van der Waals surface area contributed by atoms with Gasteiger partial charge in [-0.15, -0.1) is 0 Å². The van der Waals surface area contributed by atoms with Crippen LogP contribution in [-0.2, 0) is 10.0 Å². The third-order valence-electron chi connectivity index (χ3n) is 2.61. The van der Waals surface area contributed by atoms with E-state index in [4.69, 9.17) is 5.73 Å². The summed E-state index contributed by atoms with van der Waals surface area (Å²) in [5.74, 6) is -2.21. The first-order valence-electron chi connectivity index (χ1n) is 5.52. The number of nitrogens with zero attached hydrogens (tertiary/aromatic N) is 1. The van der Waals surface area contributed by atoms with E-state index in [1.54, 1.807) is 0 Å². The van der Waals surface area contributed by atoms with Crippen molar-refractivity contribution in [3.63, 3.8) is 0 Å². The molecule has 2 N–H and O–H groups in total. The van der Waals surface area contributed by atoms with Gasteiger partial charge in [-0.3, -0.25) is 0 Å². The van der Waals surface area contributed by atoms with Gasteiger partial charge in [0.1, 0.15) is 16.4 Å². The molecule has 0 amide bonds. The Balaban J connectivity index is 3.17. The predicted octanol–water partition coefficient (Wildman–Crippen LogP) is 1.97. The molecular weight excluding hydrogens is 262 g/mol. The first kappa shape index (κ1) is 14.8. The standard InChI is InChI=1S/C11H16F2N2O2S/c1-3-4-7-15(2)18(16,17)9-6-5-8(12)11(14)10(9)13/h5-6H,3-4,7,14H2,1-2H3. The summed E-state index contributed by atoms with van der Waals surface area (Å²) in [5, 5.41) is 0. The van der Waals surface area contributed by atoms with Gasteiger partial charge in [-0.25, -0.2) is 21.5 Å². The van der Waals surface area contributed by atoms with Gasteiger partial charge in [0.15, 0.2) is 5.82 Å². The third-order valence-corrected chi connectivity index (χ3v) is 4.48. The summed E-state index contributed by atoms with van der Waals surface area (Å²) in [4.78, 5) is -0.597. The minimum Gasteiger partial charge on any atom is -0.394 e. The van der Waals surface area contributed by atoms with Crippen molar-refractivity contribution in [2.24, 2.45) is 0 Å². The summed E-state index contributed by atoms with van der Waals surface area (Å²) < 4.78 is 51.7. The van der Waals surface area contributed by atoms with E-state index in [2.05, 4.69) is 0 Å². The number of benzene rings is 1. The van der Waals surface area contributed by atoms with E-state index in [9.17, 15) is 17.2 Å². The van der Waals surface area contributed by atoms with Crippen LogP contribution in [0.25, 0.3) is 0 Å². The molecule has 0 aliphatic carbocycles. The van der Waals surface area contributed by atoms with Crippen molar-refractivity contribution in [1.29, 1.82) is 0 Å². The molecule has 0 heterocycles. The molecule has 0 radical (unpaired) electrons. The van der Waals surface area contributed by atoms with Crippen LogP contribution < -0.4 is 5.73 Å². The van der Waals surface area contributed by atoms with Crippen LogP contribution >= 0.6 is 0 Å². The van der Waals surface area contributed by atoms with Gasteiger partial charge in [0, 0.05) is 13.6 Å². The second kappa shape index (κ2) is 5.62. The molecule has 0 aliphatic rings. The van der Waals surface area contributed by atoms with E-state index in [0.717, 1.165) is 22.9 Å². The van der Waals surface area contributed by atoms with E-state index in [1.807, 2.05) is 6.92 Å². The van der Waals surface area contributed by atoms with E-state index < -0.39 is 32.2 Å². The number of halogens is 2. The Morgan fingerprint density at radius 2 is 1.94 bits per heavy atom. The van der Waals surface area contributed by atoms with Crippen molar-refractivity contribution < 1.29 is 17.2 Å². The number of anilines is 1. The molecule has 1 rings (SSSR count). The second-order valence-corrected chi connectivity index (χ2v) is 5.97. The second-order valence-electron chi connectivity index (χ2n) is 3.95. The van der Waals surface area contributed by atoms with Crippen LogP contribution in [0.4, 0.5) is 14.5 Å². The Kier molecular flexibility index (Phi) is 4.64. The first-order valence-corrected chi connectivity index (χ1v) is 6.96. The number of hydrogen-bond donors (Lipinski definition) is 1. The lowest BCUT2D eigenvalue weighted by molar-refractivity contribution is 0.453. The van der Waals surface area contributed by atoms with E-state index in [1.165, 1.54) is 7.05 Å². The summed E-state index contributed by atoms with van der Waals surface area (Å²) >= 11 is 0. The molecule has 4 nitrogen and oxygen atoms in total. The lowest BCUT2D eigenvalue weighted by Crippen LogP contribution is -2.29. The fourth-order valence-electron chi connectivity index (χ4n) is 1.42. The van der Waals surface area contributed by atoms with Gasteiger partial charge in [-0.1, -0.05) is 13.3 Å². The number of rotatable bonds is 5. The highest BCUT2D eigenvalue weighted by Crippen LogP contribution is 2.24. The maximum Gasteiger partial charge on any atom is 0.245 e. The number of hydrogen-bond acceptors (Lipinski definition) is 3. The fourth-order valence-corrected chi connectivity index (χ4v) is 2.70. The number of unbranched alkanes of at least 4 members (excludes halogenated alkanes) is 1. The zero-order valence-corrected chi connectivity index (χ0v) is 11.1. The molecule has 1 aromatic carbocycles. The van der Waals surface area contributed by atoms with Crippen molar-refractivity contribution in [3.8, 4) is 0 Å². The van der Waals surface area contributed by atoms with Gasteiger partial charge in [-0.05, 0) is 18.6 Å². The van der Waals surface area contributed by atoms with Crippen LogP contribution in [0.2, 0.25) is 0 Å². The van der Waals surface area contributed by atoms with Crippen LogP contribution in [0, 0.1) is 11.6 Å². The highest BCUT2D eigenvalue weighted by atomic mass is 32.2. The van der Waals surface area contributed by atoms with Crippen LogP contribution in [-0.4, -0.2) is 26.3 Å². The lowest BCUT2D eigenvalue weighted by Gasteiger charge is -2.17. The van der Waals surface area contributed by atoms with Gasteiger partial charge in [0.2, 0.25) is 10.0 Å². The smallest absolute Gasteiger partial charge is 0.245 e. The Hall–Kier alpha value is -1.21. The minimum absolute atomic E-state index is 0.273. The molecule has 102 valence electrons. The van der Waals surface area contributed by atoms with Crippen molar-refractivity contribution in [2.45, 2.75) is 24.7 Å². The Bertz CT molecular complexity index is 532. The monoisotopic (exact) mass is 278 g/mol. The van der Waals surface area contributed by atoms with E-state index in [0.29, 0.717) is 6.42 Å². The molecule has 0 saturated carbocycles. The Morgan fingerprint density at radius 1 is 1.33 bits per heavy atom. The number of sulfonamides is 1. The van der Waals surface area contributed by atoms with Gasteiger partial charge in [-0.2, -0.15) is 0 Å². The van der Waals surface area contributed by atoms with Crippen molar-refractivity contribution >= 4 is 15.7 Å². The average Bonchev–Trinajstić information content (AvgIpc) is 2.32. The van der Waals surface area contributed by atoms with E-state index in [-0.39, 0.29) is 6.54 Å². The van der Waals surface area contributed by atoms with Gasteiger partial charge in [0.25, 0.3) is 0 Å². The summed E-state index contributed by atoms with van der Waals surface area (Å²) in [5.41, 5.74) is 4.37. The molecule has 0 spiro atoms. The lowest BCUT2D eigenvalue weighted by atomic mass is 10.3. The largest absolute Gasteiger partial charge is 0.394 e. The molecule has 0 aliphatic heterocycles. The molecule has 7 heteroatoms. The Morgan fingerprint density at radius 3 is 2.50 bits per heavy atom. The van der Waals surface area contributed by atoms with Crippen molar-refractivity contribution in [1.82, 2.24) is 4.31 Å². The van der Waals surface area contributed by atoms with Gasteiger partial charge >= 0.3 is 0 Å². The van der Waals surface area contributed by atoms with Gasteiger partial charge < -0.3 is 5.73 Å². The summed E-state index contributed by atoms with van der Waals surface area (Å²) in [6.07, 6.45) is 1.47. The number of nitrogens with two attached hydrogens (primary N) is 1. The summed E-state index contributed by atoms with van der Waals surface area (Å²) in [7, 11) is -2.62. The predicted molar refractivity (Wildman–Crippen MR) is 65.5 cm³/mol. The average molecular weight is 278 g/mol.